The Hall–Kier alpha value is -1.03. The molecule has 0 aromatic carbocycles. The van der Waals surface area contributed by atoms with Crippen LogP contribution in [0.25, 0.3) is 0 Å². The maximum Gasteiger partial charge on any atom is 0.154 e. The summed E-state index contributed by atoms with van der Waals surface area (Å²) in [7, 11) is 0. The van der Waals surface area contributed by atoms with E-state index >= 15 is 0 Å². The third kappa shape index (κ3) is 2.48. The van der Waals surface area contributed by atoms with Gasteiger partial charge in [-0.05, 0) is 24.5 Å². The molecule has 0 radical (unpaired) electrons. The summed E-state index contributed by atoms with van der Waals surface area (Å²) in [5.41, 5.74) is 6.87. The van der Waals surface area contributed by atoms with Crippen LogP contribution in [0.1, 0.15) is 12.0 Å². The summed E-state index contributed by atoms with van der Waals surface area (Å²) >= 11 is 1.65. The molecule has 2 rings (SSSR count). The summed E-state index contributed by atoms with van der Waals surface area (Å²) in [5, 5.41) is 0.737. The number of pyridine rings is 1. The van der Waals surface area contributed by atoms with E-state index < -0.39 is 0 Å². The third-order valence-electron chi connectivity index (χ3n) is 2.22. The highest BCUT2D eigenvalue weighted by atomic mass is 32.2. The van der Waals surface area contributed by atoms with Gasteiger partial charge in [-0.2, -0.15) is 0 Å². The molecule has 4 heteroatoms. The summed E-state index contributed by atoms with van der Waals surface area (Å²) in [6, 6.07) is 4.47. The van der Waals surface area contributed by atoms with E-state index in [1.165, 1.54) is 5.56 Å². The van der Waals surface area contributed by atoms with E-state index in [0.29, 0.717) is 6.04 Å². The van der Waals surface area contributed by atoms with Crippen LogP contribution in [0.4, 0.5) is 0 Å². The Morgan fingerprint density at radius 3 is 3.14 bits per heavy atom. The second-order valence-electron chi connectivity index (χ2n) is 3.33. The fourth-order valence-electron chi connectivity index (χ4n) is 1.46. The van der Waals surface area contributed by atoms with Gasteiger partial charge in [0.2, 0.25) is 0 Å². The molecule has 1 aromatic heterocycles. The molecular weight excluding hydrogens is 194 g/mol. The van der Waals surface area contributed by atoms with Gasteiger partial charge < -0.3 is 5.73 Å². The SMILES string of the molecule is NC1=N[C@H](CCc2cccnc2)CS1. The minimum absolute atomic E-state index is 0.403. The minimum atomic E-state index is 0.403. The predicted molar refractivity (Wildman–Crippen MR) is 60.4 cm³/mol. The number of aryl methyl sites for hydroxylation is 1. The van der Waals surface area contributed by atoms with Crippen molar-refractivity contribution in [2.45, 2.75) is 18.9 Å². The number of aromatic nitrogens is 1. The lowest BCUT2D eigenvalue weighted by Gasteiger charge is -2.04. The molecule has 0 saturated carbocycles. The quantitative estimate of drug-likeness (QED) is 0.816. The number of nitrogens with two attached hydrogens (primary N) is 1. The van der Waals surface area contributed by atoms with Crippen LogP contribution in [-0.4, -0.2) is 21.9 Å². The Bertz CT molecular complexity index is 323. The highest BCUT2D eigenvalue weighted by molar-refractivity contribution is 8.14. The first-order chi connectivity index (χ1) is 6.84. The second kappa shape index (κ2) is 4.46. The van der Waals surface area contributed by atoms with E-state index in [9.17, 15) is 0 Å². The molecule has 0 saturated heterocycles. The van der Waals surface area contributed by atoms with E-state index in [1.54, 1.807) is 18.0 Å². The van der Waals surface area contributed by atoms with Gasteiger partial charge >= 0.3 is 0 Å². The summed E-state index contributed by atoms with van der Waals surface area (Å²) in [5.74, 6) is 1.03. The minimum Gasteiger partial charge on any atom is -0.379 e. The van der Waals surface area contributed by atoms with Crippen molar-refractivity contribution in [1.29, 1.82) is 0 Å². The van der Waals surface area contributed by atoms with E-state index in [1.807, 2.05) is 12.3 Å². The molecule has 2 heterocycles. The molecule has 1 aliphatic rings. The Labute approximate surface area is 87.8 Å². The molecule has 0 unspecified atom stereocenters. The summed E-state index contributed by atoms with van der Waals surface area (Å²) in [4.78, 5) is 8.42. The number of aliphatic imine (C=N–C) groups is 1. The molecule has 1 aromatic rings. The summed E-state index contributed by atoms with van der Waals surface area (Å²) in [6.07, 6.45) is 5.81. The van der Waals surface area contributed by atoms with Crippen LogP contribution in [0.15, 0.2) is 29.5 Å². The van der Waals surface area contributed by atoms with Gasteiger partial charge in [0.1, 0.15) is 0 Å². The van der Waals surface area contributed by atoms with Crippen molar-refractivity contribution in [3.8, 4) is 0 Å². The largest absolute Gasteiger partial charge is 0.379 e. The molecule has 0 amide bonds. The van der Waals surface area contributed by atoms with Crippen LogP contribution in [-0.2, 0) is 6.42 Å². The number of hydrogen-bond donors (Lipinski definition) is 1. The smallest absolute Gasteiger partial charge is 0.154 e. The maximum absolute atomic E-state index is 5.59. The summed E-state index contributed by atoms with van der Waals surface area (Å²) in [6.45, 7) is 0. The van der Waals surface area contributed by atoms with E-state index in [2.05, 4.69) is 16.0 Å². The van der Waals surface area contributed by atoms with Gasteiger partial charge in [-0.15, -0.1) is 0 Å². The number of rotatable bonds is 3. The highest BCUT2D eigenvalue weighted by Gasteiger charge is 2.15. The zero-order valence-electron chi connectivity index (χ0n) is 7.89. The van der Waals surface area contributed by atoms with Gasteiger partial charge in [0, 0.05) is 18.1 Å². The molecule has 0 aliphatic carbocycles. The second-order valence-corrected chi connectivity index (χ2v) is 4.37. The first kappa shape index (κ1) is 9.52. The van der Waals surface area contributed by atoms with Gasteiger partial charge in [-0.25, -0.2) is 0 Å². The maximum atomic E-state index is 5.59. The van der Waals surface area contributed by atoms with E-state index in [4.69, 9.17) is 5.73 Å². The predicted octanol–water partition coefficient (Wildman–Crippen LogP) is 1.44. The third-order valence-corrected chi connectivity index (χ3v) is 3.18. The van der Waals surface area contributed by atoms with Crippen LogP contribution in [0, 0.1) is 0 Å². The zero-order valence-corrected chi connectivity index (χ0v) is 8.70. The molecule has 1 aliphatic heterocycles. The van der Waals surface area contributed by atoms with Gasteiger partial charge in [-0.1, -0.05) is 17.8 Å². The molecule has 0 fully saturated rings. The number of hydrogen-bond acceptors (Lipinski definition) is 4. The van der Waals surface area contributed by atoms with Crippen molar-refractivity contribution < 1.29 is 0 Å². The molecule has 1 atom stereocenters. The normalized spacial score (nSPS) is 20.9. The molecule has 0 bridgehead atoms. The number of nitrogens with zero attached hydrogens (tertiary/aromatic N) is 2. The van der Waals surface area contributed by atoms with Gasteiger partial charge in [-0.3, -0.25) is 9.98 Å². The van der Waals surface area contributed by atoms with Gasteiger partial charge in [0.05, 0.1) is 6.04 Å². The van der Waals surface area contributed by atoms with Gasteiger partial charge in [0.15, 0.2) is 5.17 Å². The van der Waals surface area contributed by atoms with Crippen molar-refractivity contribution in [3.63, 3.8) is 0 Å². The standard InChI is InChI=1S/C10H13N3S/c11-10-13-9(7-14-10)4-3-8-2-1-5-12-6-8/h1-2,5-6,9H,3-4,7H2,(H2,11,13)/t9-/m1/s1. The fourth-order valence-corrected chi connectivity index (χ4v) is 2.29. The van der Waals surface area contributed by atoms with Crippen molar-refractivity contribution in [3.05, 3.63) is 30.1 Å². The summed E-state index contributed by atoms with van der Waals surface area (Å²) < 4.78 is 0. The Balaban J connectivity index is 1.84. The zero-order chi connectivity index (χ0) is 9.80. The molecule has 74 valence electrons. The van der Waals surface area contributed by atoms with Crippen LogP contribution >= 0.6 is 11.8 Å². The van der Waals surface area contributed by atoms with Crippen LogP contribution in [0.2, 0.25) is 0 Å². The molecule has 0 spiro atoms. The van der Waals surface area contributed by atoms with E-state index in [-0.39, 0.29) is 0 Å². The highest BCUT2D eigenvalue weighted by Crippen LogP contribution is 2.18. The first-order valence-corrected chi connectivity index (χ1v) is 5.68. The average molecular weight is 207 g/mol. The van der Waals surface area contributed by atoms with Crippen molar-refractivity contribution in [2.24, 2.45) is 10.7 Å². The molecule has 14 heavy (non-hydrogen) atoms. The van der Waals surface area contributed by atoms with Crippen LogP contribution in [0.5, 0.6) is 0 Å². The van der Waals surface area contributed by atoms with Crippen LogP contribution in [0.3, 0.4) is 0 Å². The first-order valence-electron chi connectivity index (χ1n) is 4.69. The fraction of sp³-hybridized carbons (Fsp3) is 0.400. The Morgan fingerprint density at radius 2 is 2.50 bits per heavy atom. The molecule has 3 nitrogen and oxygen atoms in total. The van der Waals surface area contributed by atoms with Crippen molar-refractivity contribution in [2.75, 3.05) is 5.75 Å². The monoisotopic (exact) mass is 207 g/mol. The molecular formula is C10H13N3S. The van der Waals surface area contributed by atoms with Crippen molar-refractivity contribution >= 4 is 16.9 Å². The number of thioether (sulfide) groups is 1. The van der Waals surface area contributed by atoms with E-state index in [0.717, 1.165) is 23.8 Å². The molecule has 2 N–H and O–H groups in total. The Morgan fingerprint density at radius 1 is 1.57 bits per heavy atom. The lowest BCUT2D eigenvalue weighted by atomic mass is 10.1. The topological polar surface area (TPSA) is 51.3 Å². The van der Waals surface area contributed by atoms with Crippen molar-refractivity contribution in [1.82, 2.24) is 4.98 Å². The lowest BCUT2D eigenvalue weighted by molar-refractivity contribution is 0.683. The lowest BCUT2D eigenvalue weighted by Crippen LogP contribution is -2.06. The van der Waals surface area contributed by atoms with Gasteiger partial charge in [0.25, 0.3) is 0 Å². The van der Waals surface area contributed by atoms with Crippen LogP contribution < -0.4 is 5.73 Å². The number of amidine groups is 1. The average Bonchev–Trinajstić information content (AvgIpc) is 2.63. The Kier molecular flexibility index (Phi) is 3.03.